The molecule has 0 radical (unpaired) electrons. The first kappa shape index (κ1) is 124. The van der Waals surface area contributed by atoms with Crippen LogP contribution in [-0.4, -0.2) is 343 Å². The number of hydrogen-bond acceptors (Lipinski definition) is 21. The fourth-order valence-electron chi connectivity index (χ4n) is 19.8. The summed E-state index contributed by atoms with van der Waals surface area (Å²) in [6.45, 7) is 53.5. The number of Topliss-reactive ketones (excluding diaryl/α,β-unsaturated/α-hetero) is 3. The Hall–Kier alpha value is -9.30. The number of nitrogens with two attached hydrogens (primary N) is 1. The van der Waals surface area contributed by atoms with E-state index in [1.807, 2.05) is 132 Å². The van der Waals surface area contributed by atoms with Gasteiger partial charge in [-0.3, -0.25) is 57.5 Å². The van der Waals surface area contributed by atoms with Gasteiger partial charge < -0.3 is 78.9 Å². The second-order valence-electron chi connectivity index (χ2n) is 49.5. The van der Waals surface area contributed by atoms with Crippen LogP contribution in [-0.2, 0) is 88.2 Å². The van der Waals surface area contributed by atoms with Gasteiger partial charge in [0.1, 0.15) is 36.3 Å². The molecule has 0 aromatic rings. The van der Waals surface area contributed by atoms with Crippen LogP contribution in [0.4, 0.5) is 14.4 Å². The predicted molar refractivity (Wildman–Crippen MR) is 553 cm³/mol. The fourth-order valence-corrected chi connectivity index (χ4v) is 22.5. The number of nitrogens with one attached hydrogen (secondary N) is 11. The smallest absolute Gasteiger partial charge is 0.315 e. The van der Waals surface area contributed by atoms with Crippen LogP contribution in [0.15, 0.2) is 25.3 Å². The van der Waals surface area contributed by atoms with E-state index in [2.05, 4.69) is 91.4 Å². The third kappa shape index (κ3) is 30.8. The van der Waals surface area contributed by atoms with Crippen LogP contribution in [0.25, 0.3) is 0 Å². The third-order valence-electron chi connectivity index (χ3n) is 30.4. The predicted octanol–water partition coefficient (Wildman–Crippen LogP) is 3.66. The van der Waals surface area contributed by atoms with Crippen molar-refractivity contribution in [3.8, 4) is 12.3 Å². The largest absolute Gasteiger partial charge is 0.363 e. The molecule has 3 aliphatic heterocycles. The van der Waals surface area contributed by atoms with Gasteiger partial charge in [0.25, 0.3) is 48.3 Å². The van der Waals surface area contributed by atoms with E-state index < -0.39 is 224 Å². The van der Waals surface area contributed by atoms with Crippen LogP contribution in [0.1, 0.15) is 224 Å². The van der Waals surface area contributed by atoms with E-state index in [-0.39, 0.29) is 116 Å². The molecular formula is C100H173N21O21S3. The highest BCUT2D eigenvalue weighted by Gasteiger charge is 2.73. The molecule has 145 heavy (non-hydrogen) atoms. The molecule has 13 N–H and O–H groups in total. The number of likely N-dealkylation sites (tertiary alicyclic amines) is 3. The molecule has 15 amide bonds. The molecule has 0 aromatic carbocycles. The summed E-state index contributed by atoms with van der Waals surface area (Å²) >= 11 is 0. The molecule has 3 unspecified atom stereocenters. The van der Waals surface area contributed by atoms with E-state index in [1.54, 1.807) is 20.8 Å². The topological polar surface area (TPSA) is 546 Å². The Morgan fingerprint density at radius 1 is 0.393 bits per heavy atom. The SMILES string of the molecule is C#CCCC(NC(=O)[C@@H]1[C@@H]2[C@H](CN1C(=O)[C@@H](NC(=O)N[C@H](CN(C)S(=O)(=O)N(C)C)C(C)(C)C)C(C)(C)C)C2(C)C)C(=O)C(=O)NCC=C.C=CCNC(=O)C(=O)C(CC1CCC1)NC(=O)[C@@H]1[C@@H]2[C@H](CN1C(=O)[C@@H](NC(=O)N[C@H](CN(C)S(=O)(=O)N(C)C)C(C)(C)C)C(C)(C)C)C2(C)C.CN(C)S(=O)(=O)N(C)C[C@@H](NC(=O)N[C@H](C(=O)N1C[C@H]2[C@@H]([C@H]1C(=O)NC(CC1CC1)C(=O)C(N)=O)C2(C)C)C(C)(C)C)C(C)(C)C. The monoisotopic (exact) mass is 2100 g/mol. The highest BCUT2D eigenvalue weighted by atomic mass is 32.2. The van der Waals surface area contributed by atoms with Crippen LogP contribution in [0.2, 0.25) is 0 Å². The molecule has 8 rings (SSSR count). The van der Waals surface area contributed by atoms with Gasteiger partial charge in [0.05, 0.1) is 18.1 Å². The highest BCUT2D eigenvalue weighted by Crippen LogP contribution is 2.67. The standard InChI is InChI=1S/C35H61N7O7S.C34H57N7O7S.C31H55N7O7S/c1-13-17-36-30(45)27(43)23(18-21-15-14-16-21)37-29(44)26-25-22(35(25,8)9)19-42(26)31(46)28(34(5,6)7)39-32(47)38-24(33(2,3)4)20-41(12)50(48,49)40(10)11;1-14-16-17-22(26(42)29(44)35-18-15-2)36-28(43)25-24-21(34(24,9)10)19-41(25)30(45)27(33(6,7)8)38-31(46)37-23(32(3,4)5)20-40(13)49(47,48)39(11)12;1-29(2,3)20(16-37(11)46(44,45)36(9)10)34-28(43)35-24(30(4,5)6)27(42)38-15-18-21(31(18,7)8)22(38)26(41)33-19(14-17-12-13-17)23(39)25(32)40/h13,21-26,28H,1,14-20H2,2-12H3,(H,36,45)(H,37,44)(H2,38,39,47);1,15,21-25,27H,2,16-20H2,3-13H3,(H,35,44)(H,36,43)(H2,37,38,46);17-22,24H,12-16H2,1-11H3,(H2,32,40)(H,33,41)(H2,34,35,43)/t22-,23?,24+,25-,26-,28+;21-,22?,23+,24-,25-,27+;18-,19?,20+,21-,22-,24+/m000/s1. The van der Waals surface area contributed by atoms with Crippen LogP contribution >= 0.6 is 0 Å². The maximum atomic E-state index is 14.4. The van der Waals surface area contributed by atoms with Gasteiger partial charge in [0, 0.05) is 140 Å². The van der Waals surface area contributed by atoms with Gasteiger partial charge >= 0.3 is 18.1 Å². The van der Waals surface area contributed by atoms with Gasteiger partial charge in [0.15, 0.2) is 0 Å². The van der Waals surface area contributed by atoms with Gasteiger partial charge in [-0.2, -0.15) is 51.1 Å². The van der Waals surface area contributed by atoms with E-state index >= 15 is 0 Å². The number of ketones is 3. The van der Waals surface area contributed by atoms with Crippen molar-refractivity contribution < 1.29 is 97.2 Å². The van der Waals surface area contributed by atoms with Crippen molar-refractivity contribution in [2.24, 2.45) is 102 Å². The number of hydrogen-bond donors (Lipinski definition) is 12. The van der Waals surface area contributed by atoms with Gasteiger partial charge in [-0.15, -0.1) is 25.5 Å². The summed E-state index contributed by atoms with van der Waals surface area (Å²) < 4.78 is 83.0. The molecule has 0 aromatic heterocycles. The van der Waals surface area contributed by atoms with Crippen molar-refractivity contribution >= 4 is 119 Å². The first-order chi connectivity index (χ1) is 66.0. The lowest BCUT2D eigenvalue weighted by molar-refractivity contribution is -0.145. The number of fused-ring (bicyclic) bond motifs is 3. The summed E-state index contributed by atoms with van der Waals surface area (Å²) in [6, 6.07) is -13.0. The molecule has 5 saturated carbocycles. The van der Waals surface area contributed by atoms with E-state index in [4.69, 9.17) is 12.2 Å². The molecule has 18 atom stereocenters. The Kier molecular flexibility index (Phi) is 40.5. The number of nitrogens with zero attached hydrogens (tertiary/aromatic N) is 9. The minimum absolute atomic E-state index is 0.00919. The number of urea groups is 3. The molecule has 0 bridgehead atoms. The normalized spacial score (nSPS) is 23.3. The third-order valence-corrected chi connectivity index (χ3v) is 36.0. The molecule has 3 heterocycles. The van der Waals surface area contributed by atoms with E-state index in [0.717, 1.165) is 53.6 Å². The Labute approximate surface area is 862 Å². The maximum Gasteiger partial charge on any atom is 0.315 e. The first-order valence-corrected chi connectivity index (χ1v) is 54.3. The summed E-state index contributed by atoms with van der Waals surface area (Å²) in [4.78, 5) is 206. The lowest BCUT2D eigenvalue weighted by atomic mass is 9.80. The van der Waals surface area contributed by atoms with E-state index in [0.29, 0.717) is 25.9 Å². The lowest BCUT2D eigenvalue weighted by Crippen LogP contribution is -2.63. The molecule has 8 fully saturated rings. The number of likely N-dealkylation sites (N-methyl/N-ethyl adjacent to an activating group) is 3. The quantitative estimate of drug-likeness (QED) is 0.0235. The zero-order chi connectivity index (χ0) is 111. The summed E-state index contributed by atoms with van der Waals surface area (Å²) in [7, 11) is 1.64. The van der Waals surface area contributed by atoms with Gasteiger partial charge in [-0.05, 0) is 115 Å². The van der Waals surface area contributed by atoms with Gasteiger partial charge in [-0.25, -0.2) is 14.4 Å². The molecular weight excluding hydrogens is 1930 g/mol. The number of carbonyl (C=O) groups is 15. The lowest BCUT2D eigenvalue weighted by Gasteiger charge is -2.39. The zero-order valence-electron chi connectivity index (χ0n) is 92.1. The van der Waals surface area contributed by atoms with Crippen LogP contribution < -0.4 is 64.2 Å². The van der Waals surface area contributed by atoms with Crippen molar-refractivity contribution in [3.63, 3.8) is 0 Å². The minimum atomic E-state index is -3.75. The fraction of sp³-hybridized carbons (Fsp3) is 0.790. The van der Waals surface area contributed by atoms with Crippen molar-refractivity contribution in [1.82, 2.24) is 99.0 Å². The highest BCUT2D eigenvalue weighted by molar-refractivity contribution is 7.87. The van der Waals surface area contributed by atoms with Crippen LogP contribution in [0, 0.1) is 108 Å². The maximum absolute atomic E-state index is 14.4. The molecule has 3 saturated heterocycles. The number of primary amides is 1. The minimum Gasteiger partial charge on any atom is -0.363 e. The van der Waals surface area contributed by atoms with Crippen molar-refractivity contribution in [3.05, 3.63) is 25.3 Å². The van der Waals surface area contributed by atoms with E-state index in [1.165, 1.54) is 94.6 Å². The second kappa shape index (κ2) is 47.3. The number of terminal acetylenes is 1. The zero-order valence-corrected chi connectivity index (χ0v) is 94.6. The summed E-state index contributed by atoms with van der Waals surface area (Å²) in [5.41, 5.74) is 0.629. The average Bonchev–Trinajstić information content (AvgIpc) is 1.53. The van der Waals surface area contributed by atoms with Crippen molar-refractivity contribution in [1.29, 1.82) is 0 Å². The average molecular weight is 2100 g/mol. The number of rotatable bonds is 43. The Morgan fingerprint density at radius 2 is 0.648 bits per heavy atom. The number of carbonyl (C=O) groups excluding carboxylic acids is 15. The Bertz CT molecular complexity index is 5200. The summed E-state index contributed by atoms with van der Waals surface area (Å²) in [5.74, 6) is -5.66. The molecule has 0 spiro atoms. The van der Waals surface area contributed by atoms with Crippen LogP contribution in [0.5, 0.6) is 0 Å². The molecule has 822 valence electrons. The Morgan fingerprint density at radius 3 is 0.869 bits per heavy atom. The first-order valence-electron chi connectivity index (χ1n) is 50.1. The van der Waals surface area contributed by atoms with Gasteiger partial charge in [0.2, 0.25) is 52.8 Å². The van der Waals surface area contributed by atoms with Crippen molar-refractivity contribution in [2.45, 2.75) is 296 Å². The molecule has 8 aliphatic rings. The number of amides is 15. The molecule has 45 heteroatoms. The van der Waals surface area contributed by atoms with Gasteiger partial charge in [-0.1, -0.05) is 210 Å². The Balaban J connectivity index is 0.000000333. The summed E-state index contributed by atoms with van der Waals surface area (Å²) in [5, 5.41) is 30.4. The number of piperidine rings is 3. The molecule has 5 aliphatic carbocycles. The molecule has 42 nitrogen and oxygen atoms in total. The second-order valence-corrected chi connectivity index (χ2v) is 56.2. The van der Waals surface area contributed by atoms with E-state index in [9.17, 15) is 97.2 Å². The van der Waals surface area contributed by atoms with Crippen LogP contribution in [0.3, 0.4) is 0 Å². The summed E-state index contributed by atoms with van der Waals surface area (Å²) in [6.07, 6.45) is 13.8. The van der Waals surface area contributed by atoms with Crippen molar-refractivity contribution in [2.75, 3.05) is 116 Å².